The molecule has 1 aromatic rings. The molecule has 0 saturated carbocycles. The van der Waals surface area contributed by atoms with Crippen molar-refractivity contribution in [3.63, 3.8) is 0 Å². The Morgan fingerprint density at radius 2 is 2.00 bits per heavy atom. The van der Waals surface area contributed by atoms with Gasteiger partial charge in [0.05, 0.1) is 4.92 Å². The zero-order chi connectivity index (χ0) is 15.6. The van der Waals surface area contributed by atoms with E-state index in [0.717, 1.165) is 12.8 Å². The van der Waals surface area contributed by atoms with E-state index in [1.54, 1.807) is 4.90 Å². The summed E-state index contributed by atoms with van der Waals surface area (Å²) in [4.78, 5) is 26.8. The van der Waals surface area contributed by atoms with Gasteiger partial charge in [0.25, 0.3) is 11.6 Å². The predicted octanol–water partition coefficient (Wildman–Crippen LogP) is 2.41. The first kappa shape index (κ1) is 15.7. The summed E-state index contributed by atoms with van der Waals surface area (Å²) in [5.41, 5.74) is -0.130. The summed E-state index contributed by atoms with van der Waals surface area (Å²) in [6.07, 6.45) is 1.74. The van der Waals surface area contributed by atoms with Gasteiger partial charge in [0.15, 0.2) is 0 Å². The maximum Gasteiger partial charge on any atom is 0.282 e. The minimum absolute atomic E-state index is 0.0656. The highest BCUT2D eigenvalue weighted by Gasteiger charge is 2.28. The van der Waals surface area contributed by atoms with Crippen LogP contribution in [0.25, 0.3) is 0 Å². The van der Waals surface area contributed by atoms with Gasteiger partial charge in [-0.3, -0.25) is 14.9 Å². The molecule has 0 radical (unpaired) electrons. The third-order valence-electron chi connectivity index (χ3n) is 3.87. The number of hydrogen-bond acceptors (Lipinski definition) is 4. The largest absolute Gasteiger partial charge is 0.338 e. The van der Waals surface area contributed by atoms with Crippen LogP contribution < -0.4 is 0 Å². The fourth-order valence-electron chi connectivity index (χ4n) is 2.59. The molecule has 1 amide bonds. The van der Waals surface area contributed by atoms with Crippen molar-refractivity contribution in [2.75, 3.05) is 27.2 Å². The van der Waals surface area contributed by atoms with Crippen molar-refractivity contribution in [2.24, 2.45) is 0 Å². The molecule has 2 rings (SSSR count). The molecule has 1 aliphatic rings. The molecule has 1 aromatic carbocycles. The number of likely N-dealkylation sites (tertiary alicyclic amines) is 1. The Bertz CT molecular complexity index is 554. The van der Waals surface area contributed by atoms with Gasteiger partial charge in [-0.15, -0.1) is 0 Å². The number of halogens is 1. The van der Waals surface area contributed by atoms with Gasteiger partial charge >= 0.3 is 0 Å². The summed E-state index contributed by atoms with van der Waals surface area (Å²) < 4.78 is 0. The van der Waals surface area contributed by atoms with Crippen molar-refractivity contribution in [1.82, 2.24) is 9.80 Å². The third kappa shape index (κ3) is 3.51. The number of nitrogens with zero attached hydrogens (tertiary/aromatic N) is 3. The number of piperidine rings is 1. The molecule has 1 fully saturated rings. The number of benzene rings is 1. The molecule has 6 nitrogen and oxygen atoms in total. The highest BCUT2D eigenvalue weighted by atomic mass is 35.5. The topological polar surface area (TPSA) is 66.7 Å². The second kappa shape index (κ2) is 6.41. The van der Waals surface area contributed by atoms with Crippen molar-refractivity contribution in [3.05, 3.63) is 38.9 Å². The molecule has 114 valence electrons. The molecule has 0 spiro atoms. The Balaban J connectivity index is 2.18. The van der Waals surface area contributed by atoms with E-state index in [1.165, 1.54) is 18.2 Å². The highest BCUT2D eigenvalue weighted by molar-refractivity contribution is 6.31. The Hall–Kier alpha value is -1.66. The third-order valence-corrected chi connectivity index (χ3v) is 4.10. The van der Waals surface area contributed by atoms with Crippen molar-refractivity contribution < 1.29 is 9.72 Å². The van der Waals surface area contributed by atoms with E-state index < -0.39 is 4.92 Å². The number of amides is 1. The summed E-state index contributed by atoms with van der Waals surface area (Å²) >= 11 is 5.87. The van der Waals surface area contributed by atoms with Gasteiger partial charge in [-0.05, 0) is 39.1 Å². The van der Waals surface area contributed by atoms with Crippen LogP contribution in [0.1, 0.15) is 23.2 Å². The second-order valence-electron chi connectivity index (χ2n) is 5.41. The summed E-state index contributed by atoms with van der Waals surface area (Å²) in [5.74, 6) is -0.318. The fourth-order valence-corrected chi connectivity index (χ4v) is 2.77. The zero-order valence-electron chi connectivity index (χ0n) is 12.1. The van der Waals surface area contributed by atoms with Crippen molar-refractivity contribution in [3.8, 4) is 0 Å². The second-order valence-corrected chi connectivity index (χ2v) is 5.84. The molecular weight excluding hydrogens is 294 g/mol. The zero-order valence-corrected chi connectivity index (χ0v) is 12.8. The number of nitro benzene ring substituents is 1. The predicted molar refractivity (Wildman–Crippen MR) is 80.7 cm³/mol. The molecule has 1 saturated heterocycles. The first-order valence-electron chi connectivity index (χ1n) is 6.80. The van der Waals surface area contributed by atoms with E-state index in [2.05, 4.69) is 4.90 Å². The maximum absolute atomic E-state index is 12.5. The number of rotatable bonds is 3. The smallest absolute Gasteiger partial charge is 0.282 e. The van der Waals surface area contributed by atoms with Gasteiger partial charge in [0, 0.05) is 30.2 Å². The van der Waals surface area contributed by atoms with Gasteiger partial charge in [-0.25, -0.2) is 0 Å². The van der Waals surface area contributed by atoms with Crippen molar-refractivity contribution in [1.29, 1.82) is 0 Å². The molecule has 0 aliphatic carbocycles. The lowest BCUT2D eigenvalue weighted by Crippen LogP contribution is -2.44. The Kier molecular flexibility index (Phi) is 4.80. The molecule has 0 bridgehead atoms. The fraction of sp³-hybridized carbons (Fsp3) is 0.500. The van der Waals surface area contributed by atoms with E-state index in [4.69, 9.17) is 11.6 Å². The average molecular weight is 312 g/mol. The van der Waals surface area contributed by atoms with E-state index in [1.807, 2.05) is 14.1 Å². The lowest BCUT2D eigenvalue weighted by molar-refractivity contribution is -0.385. The van der Waals surface area contributed by atoms with Crippen LogP contribution in [-0.2, 0) is 0 Å². The first-order chi connectivity index (χ1) is 9.90. The van der Waals surface area contributed by atoms with E-state index >= 15 is 0 Å². The maximum atomic E-state index is 12.5. The van der Waals surface area contributed by atoms with Crippen molar-refractivity contribution in [2.45, 2.75) is 18.9 Å². The van der Waals surface area contributed by atoms with Crippen LogP contribution in [0.3, 0.4) is 0 Å². The van der Waals surface area contributed by atoms with Crippen LogP contribution in [0.2, 0.25) is 5.02 Å². The van der Waals surface area contributed by atoms with Crippen LogP contribution in [0.5, 0.6) is 0 Å². The molecule has 21 heavy (non-hydrogen) atoms. The normalized spacial score (nSPS) is 16.3. The van der Waals surface area contributed by atoms with Gasteiger partial charge in [-0.1, -0.05) is 11.6 Å². The monoisotopic (exact) mass is 311 g/mol. The Labute approximate surface area is 128 Å². The minimum Gasteiger partial charge on any atom is -0.338 e. The molecule has 0 aromatic heterocycles. The molecule has 7 heteroatoms. The molecule has 0 atom stereocenters. The Morgan fingerprint density at radius 3 is 2.52 bits per heavy atom. The van der Waals surface area contributed by atoms with Crippen LogP contribution in [0.4, 0.5) is 5.69 Å². The van der Waals surface area contributed by atoms with E-state index in [9.17, 15) is 14.9 Å². The van der Waals surface area contributed by atoms with Gasteiger partial charge in [0.1, 0.15) is 5.56 Å². The first-order valence-corrected chi connectivity index (χ1v) is 7.17. The number of carbonyl (C=O) groups is 1. The van der Waals surface area contributed by atoms with Crippen LogP contribution in [0.15, 0.2) is 18.2 Å². The summed E-state index contributed by atoms with van der Waals surface area (Å²) in [6.45, 7) is 1.21. The van der Waals surface area contributed by atoms with Gasteiger partial charge in [-0.2, -0.15) is 0 Å². The Morgan fingerprint density at radius 1 is 1.38 bits per heavy atom. The molecule has 1 aliphatic heterocycles. The summed E-state index contributed by atoms with van der Waals surface area (Å²) in [7, 11) is 4.04. The lowest BCUT2D eigenvalue weighted by atomic mass is 10.0. The molecular formula is C14H18ClN3O3. The lowest BCUT2D eigenvalue weighted by Gasteiger charge is -2.35. The molecule has 0 N–H and O–H groups in total. The van der Waals surface area contributed by atoms with Crippen molar-refractivity contribution >= 4 is 23.2 Å². The SMILES string of the molecule is CN(C)C1CCN(C(=O)c2cc(Cl)ccc2[N+](=O)[O-])CC1. The van der Waals surface area contributed by atoms with Gasteiger partial charge in [0.2, 0.25) is 0 Å². The summed E-state index contributed by atoms with van der Waals surface area (Å²) in [6, 6.07) is 4.53. The van der Waals surface area contributed by atoms with Crippen LogP contribution in [-0.4, -0.2) is 53.9 Å². The molecule has 1 heterocycles. The van der Waals surface area contributed by atoms with Gasteiger partial charge < -0.3 is 9.80 Å². The van der Waals surface area contributed by atoms with Crippen LogP contribution in [0, 0.1) is 10.1 Å². The quantitative estimate of drug-likeness (QED) is 0.635. The van der Waals surface area contributed by atoms with Crippen LogP contribution >= 0.6 is 11.6 Å². The number of hydrogen-bond donors (Lipinski definition) is 0. The molecule has 0 unspecified atom stereocenters. The highest BCUT2D eigenvalue weighted by Crippen LogP contribution is 2.25. The van der Waals surface area contributed by atoms with E-state index in [-0.39, 0.29) is 17.2 Å². The number of carbonyl (C=O) groups excluding carboxylic acids is 1. The number of nitro groups is 1. The minimum atomic E-state index is -0.546. The average Bonchev–Trinajstić information content (AvgIpc) is 2.46. The standard InChI is InChI=1S/C14H18ClN3O3/c1-16(2)11-5-7-17(8-6-11)14(19)12-9-10(15)3-4-13(12)18(20)21/h3-4,9,11H,5-8H2,1-2H3. The summed E-state index contributed by atoms with van der Waals surface area (Å²) in [5, 5.41) is 11.4. The van der Waals surface area contributed by atoms with E-state index in [0.29, 0.717) is 24.2 Å².